The molecule has 0 radical (unpaired) electrons. The maximum atomic E-state index is 14.2. The lowest BCUT2D eigenvalue weighted by molar-refractivity contribution is 0.587. The van der Waals surface area contributed by atoms with Gasteiger partial charge in [-0.2, -0.15) is 9.97 Å². The van der Waals surface area contributed by atoms with Crippen molar-refractivity contribution in [1.29, 1.82) is 0 Å². The summed E-state index contributed by atoms with van der Waals surface area (Å²) < 4.78 is 14.7. The van der Waals surface area contributed by atoms with E-state index in [1.165, 1.54) is 16.8 Å². The SMILES string of the molecule is O=c1ccn(-c2nc(-c3ccccc3)oc2-c2ccccc2)c(=O)n1-c1nc(-c2ccccc2)oc1-c1ccccc1. The number of oxazole rings is 2. The van der Waals surface area contributed by atoms with Gasteiger partial charge in [-0.3, -0.25) is 4.79 Å². The third-order valence-electron chi connectivity index (χ3n) is 6.76. The summed E-state index contributed by atoms with van der Waals surface area (Å²) >= 11 is 0. The van der Waals surface area contributed by atoms with Crippen LogP contribution in [0.5, 0.6) is 0 Å². The van der Waals surface area contributed by atoms with E-state index >= 15 is 0 Å². The molecular formula is C34H22N4O4. The number of rotatable bonds is 6. The monoisotopic (exact) mass is 550 g/mol. The van der Waals surface area contributed by atoms with E-state index in [9.17, 15) is 9.59 Å². The average Bonchev–Trinajstić information content (AvgIpc) is 3.69. The van der Waals surface area contributed by atoms with Gasteiger partial charge in [0.05, 0.1) is 0 Å². The van der Waals surface area contributed by atoms with Crippen LogP contribution in [0.3, 0.4) is 0 Å². The van der Waals surface area contributed by atoms with E-state index in [4.69, 9.17) is 13.8 Å². The van der Waals surface area contributed by atoms with Crippen LogP contribution in [0.15, 0.2) is 152 Å². The van der Waals surface area contributed by atoms with Gasteiger partial charge in [0, 0.05) is 34.5 Å². The zero-order valence-corrected chi connectivity index (χ0v) is 22.1. The fraction of sp³-hybridized carbons (Fsp3) is 0. The lowest BCUT2D eigenvalue weighted by Gasteiger charge is -2.08. The molecule has 4 aromatic carbocycles. The first-order valence-corrected chi connectivity index (χ1v) is 13.3. The minimum absolute atomic E-state index is 0.0810. The van der Waals surface area contributed by atoms with Crippen molar-refractivity contribution in [2.45, 2.75) is 0 Å². The molecule has 0 atom stereocenters. The predicted molar refractivity (Wildman–Crippen MR) is 160 cm³/mol. The molecule has 202 valence electrons. The van der Waals surface area contributed by atoms with Crippen molar-refractivity contribution >= 4 is 0 Å². The molecule has 3 aromatic heterocycles. The van der Waals surface area contributed by atoms with Gasteiger partial charge in [-0.25, -0.2) is 13.9 Å². The first-order chi connectivity index (χ1) is 20.7. The molecule has 7 aromatic rings. The van der Waals surface area contributed by atoms with Gasteiger partial charge in [-0.15, -0.1) is 0 Å². The van der Waals surface area contributed by atoms with Gasteiger partial charge in [0.15, 0.2) is 23.2 Å². The average molecular weight is 551 g/mol. The summed E-state index contributed by atoms with van der Waals surface area (Å²) in [5, 5.41) is 0. The van der Waals surface area contributed by atoms with Gasteiger partial charge < -0.3 is 8.83 Å². The van der Waals surface area contributed by atoms with Gasteiger partial charge in [0.1, 0.15) is 0 Å². The molecule has 0 aliphatic carbocycles. The zero-order chi connectivity index (χ0) is 28.5. The molecule has 0 amide bonds. The lowest BCUT2D eigenvalue weighted by atomic mass is 10.2. The highest BCUT2D eigenvalue weighted by Crippen LogP contribution is 2.33. The number of hydrogen-bond acceptors (Lipinski definition) is 6. The van der Waals surface area contributed by atoms with Crippen LogP contribution in [-0.2, 0) is 0 Å². The Balaban J connectivity index is 1.47. The van der Waals surface area contributed by atoms with Crippen LogP contribution < -0.4 is 11.2 Å². The van der Waals surface area contributed by atoms with E-state index in [0.717, 1.165) is 15.7 Å². The molecular weight excluding hydrogens is 528 g/mol. The number of aromatic nitrogens is 4. The van der Waals surface area contributed by atoms with E-state index in [0.29, 0.717) is 28.5 Å². The molecule has 0 saturated heterocycles. The van der Waals surface area contributed by atoms with Crippen LogP contribution in [0.1, 0.15) is 0 Å². The van der Waals surface area contributed by atoms with Crippen molar-refractivity contribution in [2.24, 2.45) is 0 Å². The molecule has 0 spiro atoms. The van der Waals surface area contributed by atoms with Crippen molar-refractivity contribution < 1.29 is 8.83 Å². The van der Waals surface area contributed by atoms with Crippen LogP contribution in [0, 0.1) is 0 Å². The zero-order valence-electron chi connectivity index (χ0n) is 22.1. The molecule has 0 aliphatic heterocycles. The van der Waals surface area contributed by atoms with Crippen LogP contribution >= 0.6 is 0 Å². The van der Waals surface area contributed by atoms with Gasteiger partial charge in [-0.1, -0.05) is 97.1 Å². The minimum Gasteiger partial charge on any atom is -0.434 e. The summed E-state index contributed by atoms with van der Waals surface area (Å²) in [6.45, 7) is 0. The first kappa shape index (κ1) is 25.0. The second-order valence-electron chi connectivity index (χ2n) is 9.45. The van der Waals surface area contributed by atoms with Gasteiger partial charge in [0.25, 0.3) is 5.56 Å². The third-order valence-corrected chi connectivity index (χ3v) is 6.76. The maximum Gasteiger partial charge on any atom is 0.342 e. The van der Waals surface area contributed by atoms with E-state index < -0.39 is 11.2 Å². The molecule has 0 bridgehead atoms. The molecule has 0 N–H and O–H groups in total. The second-order valence-corrected chi connectivity index (χ2v) is 9.45. The Morgan fingerprint density at radius 2 is 0.881 bits per heavy atom. The summed E-state index contributed by atoms with van der Waals surface area (Å²) in [7, 11) is 0. The molecule has 0 fully saturated rings. The smallest absolute Gasteiger partial charge is 0.342 e. The summed E-state index contributed by atoms with van der Waals surface area (Å²) in [6, 6.07) is 38.7. The lowest BCUT2D eigenvalue weighted by Crippen LogP contribution is -2.37. The molecule has 42 heavy (non-hydrogen) atoms. The highest BCUT2D eigenvalue weighted by molar-refractivity contribution is 5.70. The Hall–Kier alpha value is -6.02. The van der Waals surface area contributed by atoms with Crippen molar-refractivity contribution in [3.8, 4) is 57.2 Å². The summed E-state index contributed by atoms with van der Waals surface area (Å²) in [6.07, 6.45) is 1.40. The Kier molecular flexibility index (Phi) is 6.25. The summed E-state index contributed by atoms with van der Waals surface area (Å²) in [4.78, 5) is 36.9. The quantitative estimate of drug-likeness (QED) is 0.231. The van der Waals surface area contributed by atoms with E-state index in [2.05, 4.69) is 4.98 Å². The maximum absolute atomic E-state index is 14.2. The predicted octanol–water partition coefficient (Wildman–Crippen LogP) is 6.63. The van der Waals surface area contributed by atoms with Crippen LogP contribution in [0.2, 0.25) is 0 Å². The molecule has 8 heteroatoms. The molecule has 0 unspecified atom stereocenters. The molecule has 0 saturated carbocycles. The van der Waals surface area contributed by atoms with Crippen LogP contribution in [0.25, 0.3) is 57.2 Å². The Bertz CT molecular complexity index is 2110. The van der Waals surface area contributed by atoms with Crippen molar-refractivity contribution in [3.63, 3.8) is 0 Å². The van der Waals surface area contributed by atoms with Crippen molar-refractivity contribution in [2.75, 3.05) is 0 Å². The van der Waals surface area contributed by atoms with Crippen molar-refractivity contribution in [3.05, 3.63) is 154 Å². The minimum atomic E-state index is -0.669. The fourth-order valence-corrected chi connectivity index (χ4v) is 4.74. The van der Waals surface area contributed by atoms with Crippen LogP contribution in [-0.4, -0.2) is 19.1 Å². The number of nitrogens with zero attached hydrogens (tertiary/aromatic N) is 4. The fourth-order valence-electron chi connectivity index (χ4n) is 4.74. The molecule has 8 nitrogen and oxygen atoms in total. The van der Waals surface area contributed by atoms with Gasteiger partial charge in [-0.05, 0) is 24.3 Å². The number of hydrogen-bond donors (Lipinski definition) is 0. The normalized spacial score (nSPS) is 11.0. The third kappa shape index (κ3) is 4.47. The van der Waals surface area contributed by atoms with E-state index in [1.807, 2.05) is 121 Å². The largest absolute Gasteiger partial charge is 0.434 e. The van der Waals surface area contributed by atoms with E-state index in [-0.39, 0.29) is 17.5 Å². The van der Waals surface area contributed by atoms with Gasteiger partial charge in [0.2, 0.25) is 11.8 Å². The van der Waals surface area contributed by atoms with Crippen molar-refractivity contribution in [1.82, 2.24) is 19.1 Å². The molecule has 0 aliphatic rings. The topological polar surface area (TPSA) is 96.1 Å². The summed E-state index contributed by atoms with van der Waals surface area (Å²) in [5.74, 6) is 1.62. The first-order valence-electron chi connectivity index (χ1n) is 13.3. The standard InChI is InChI=1S/C34H22N4O4/c39-27-21-22-37(30-28(23-13-5-1-6-14-23)41-32(35-30)25-17-9-3-10-18-25)34(40)38(27)31-29(24-15-7-2-8-16-24)42-33(36-31)26-19-11-4-12-20-26/h1-22H. The Morgan fingerprint density at radius 3 is 1.36 bits per heavy atom. The number of benzene rings is 4. The Labute approximate surface area is 239 Å². The summed E-state index contributed by atoms with van der Waals surface area (Å²) in [5.41, 5.74) is 1.62. The molecule has 3 heterocycles. The van der Waals surface area contributed by atoms with Crippen LogP contribution in [0.4, 0.5) is 0 Å². The Morgan fingerprint density at radius 1 is 0.476 bits per heavy atom. The highest BCUT2D eigenvalue weighted by Gasteiger charge is 2.24. The second kappa shape index (κ2) is 10.5. The van der Waals surface area contributed by atoms with E-state index in [1.54, 1.807) is 0 Å². The molecule has 7 rings (SSSR count). The highest BCUT2D eigenvalue weighted by atomic mass is 16.4. The van der Waals surface area contributed by atoms with Gasteiger partial charge >= 0.3 is 5.69 Å².